The molecule has 1 aliphatic heterocycles. The van der Waals surface area contributed by atoms with E-state index in [2.05, 4.69) is 33.1 Å². The van der Waals surface area contributed by atoms with E-state index in [4.69, 9.17) is 21.1 Å². The highest BCUT2D eigenvalue weighted by atomic mass is 35.5. The van der Waals surface area contributed by atoms with Crippen LogP contribution in [0.5, 0.6) is 11.5 Å². The van der Waals surface area contributed by atoms with Crippen molar-refractivity contribution in [2.45, 2.75) is 18.9 Å². The second-order valence-corrected chi connectivity index (χ2v) is 11.5. The number of halogens is 2. The molecule has 1 atom stereocenters. The van der Waals surface area contributed by atoms with Gasteiger partial charge in [-0.2, -0.15) is 0 Å². The number of morpholine rings is 1. The van der Waals surface area contributed by atoms with Gasteiger partial charge in [-0.05, 0) is 71.3 Å². The molecule has 1 N–H and O–H groups in total. The van der Waals surface area contributed by atoms with Crippen LogP contribution in [0.25, 0.3) is 10.9 Å². The molecule has 44 heavy (non-hydrogen) atoms. The highest BCUT2D eigenvalue weighted by Gasteiger charge is 2.24. The van der Waals surface area contributed by atoms with Gasteiger partial charge in [-0.3, -0.25) is 9.69 Å². The first-order chi connectivity index (χ1) is 21.5. The molecule has 1 amide bonds. The first-order valence-electron chi connectivity index (χ1n) is 14.9. The number of hydrogen-bond acceptors (Lipinski definition) is 4. The van der Waals surface area contributed by atoms with Gasteiger partial charge in [0.25, 0.3) is 0 Å². The second-order valence-electron chi connectivity index (χ2n) is 11.0. The third kappa shape index (κ3) is 7.48. The summed E-state index contributed by atoms with van der Waals surface area (Å²) in [7, 11) is 0. The van der Waals surface area contributed by atoms with Crippen LogP contribution in [0.3, 0.4) is 0 Å². The van der Waals surface area contributed by atoms with E-state index >= 15 is 0 Å². The van der Waals surface area contributed by atoms with E-state index in [-0.39, 0.29) is 24.1 Å². The van der Waals surface area contributed by atoms with E-state index in [0.717, 1.165) is 60.4 Å². The van der Waals surface area contributed by atoms with Crippen molar-refractivity contribution in [2.75, 3.05) is 39.4 Å². The summed E-state index contributed by atoms with van der Waals surface area (Å²) >= 11 is 6.07. The topological polar surface area (TPSA) is 55.7 Å². The number of amides is 1. The maximum Gasteiger partial charge on any atom is 0.220 e. The standard InChI is InChI=1S/C36H35ClFN3O3/c37-28-10-14-30(15-11-28)44-31-5-3-4-27(22-31)33(23-36(42)39-16-17-40-18-20-43-21-19-40)34-25-41(35-7-2-1-6-32(34)35)24-26-8-12-29(38)13-9-26/h1-15,22,25,33H,16-21,23-24H2,(H,39,42)/t33-/m1/s1. The molecule has 8 heteroatoms. The number of nitrogens with one attached hydrogen (secondary N) is 1. The van der Waals surface area contributed by atoms with Gasteiger partial charge in [-0.1, -0.05) is 54.1 Å². The van der Waals surface area contributed by atoms with Crippen LogP contribution in [0.15, 0.2) is 103 Å². The maximum atomic E-state index is 13.6. The third-order valence-corrected chi connectivity index (χ3v) is 8.27. The normalized spacial score (nSPS) is 14.4. The van der Waals surface area contributed by atoms with Gasteiger partial charge >= 0.3 is 0 Å². The van der Waals surface area contributed by atoms with Crippen LogP contribution in [-0.2, 0) is 16.1 Å². The molecular formula is C36H35ClFN3O3. The second kappa shape index (κ2) is 14.1. The highest BCUT2D eigenvalue weighted by molar-refractivity contribution is 6.30. The van der Waals surface area contributed by atoms with Crippen molar-refractivity contribution in [1.82, 2.24) is 14.8 Å². The van der Waals surface area contributed by atoms with E-state index in [1.807, 2.05) is 48.5 Å². The Hall–Kier alpha value is -4.17. The number of benzene rings is 4. The van der Waals surface area contributed by atoms with Crippen molar-refractivity contribution in [1.29, 1.82) is 0 Å². The third-order valence-electron chi connectivity index (χ3n) is 8.01. The Bertz CT molecular complexity index is 1700. The lowest BCUT2D eigenvalue weighted by atomic mass is 9.88. The number of carbonyl (C=O) groups is 1. The number of nitrogens with zero attached hydrogens (tertiary/aromatic N) is 2. The summed E-state index contributed by atoms with van der Waals surface area (Å²) in [5, 5.41) is 4.87. The van der Waals surface area contributed by atoms with E-state index in [1.165, 1.54) is 12.1 Å². The fourth-order valence-corrected chi connectivity index (χ4v) is 5.87. The van der Waals surface area contributed by atoms with Gasteiger partial charge in [0.05, 0.1) is 13.2 Å². The van der Waals surface area contributed by atoms with Gasteiger partial charge in [0, 0.05) is 67.2 Å². The van der Waals surface area contributed by atoms with E-state index in [1.54, 1.807) is 24.3 Å². The van der Waals surface area contributed by atoms with Crippen molar-refractivity contribution in [2.24, 2.45) is 0 Å². The molecule has 0 aliphatic carbocycles. The van der Waals surface area contributed by atoms with Gasteiger partial charge in [0.1, 0.15) is 17.3 Å². The molecule has 0 unspecified atom stereocenters. The number of ether oxygens (including phenoxy) is 2. The molecule has 1 aromatic heterocycles. The lowest BCUT2D eigenvalue weighted by molar-refractivity contribution is -0.121. The number of hydrogen-bond donors (Lipinski definition) is 1. The number of fused-ring (bicyclic) bond motifs is 1. The maximum absolute atomic E-state index is 13.6. The van der Waals surface area contributed by atoms with E-state index < -0.39 is 0 Å². The Kier molecular flexibility index (Phi) is 9.56. The van der Waals surface area contributed by atoms with Crippen LogP contribution >= 0.6 is 11.6 Å². The van der Waals surface area contributed by atoms with Crippen LogP contribution in [-0.4, -0.2) is 54.8 Å². The molecule has 4 aromatic carbocycles. The summed E-state index contributed by atoms with van der Waals surface area (Å²) < 4.78 is 27.4. The van der Waals surface area contributed by atoms with Crippen molar-refractivity contribution in [3.8, 4) is 11.5 Å². The van der Waals surface area contributed by atoms with Gasteiger partial charge < -0.3 is 19.4 Å². The molecule has 0 spiro atoms. The number of aromatic nitrogens is 1. The van der Waals surface area contributed by atoms with E-state index in [0.29, 0.717) is 29.6 Å². The largest absolute Gasteiger partial charge is 0.457 e. The molecule has 5 aromatic rings. The summed E-state index contributed by atoms with van der Waals surface area (Å²) in [6.45, 7) is 5.18. The zero-order chi connectivity index (χ0) is 30.3. The number of para-hydroxylation sites is 1. The Morgan fingerprint density at radius 1 is 0.932 bits per heavy atom. The average molecular weight is 612 g/mol. The molecule has 226 valence electrons. The van der Waals surface area contributed by atoms with Gasteiger partial charge in [0.15, 0.2) is 0 Å². The minimum Gasteiger partial charge on any atom is -0.457 e. The molecule has 1 aliphatic rings. The lowest BCUT2D eigenvalue weighted by Crippen LogP contribution is -2.41. The predicted octanol–water partition coefficient (Wildman–Crippen LogP) is 7.24. The van der Waals surface area contributed by atoms with Crippen molar-refractivity contribution < 1.29 is 18.7 Å². The Morgan fingerprint density at radius 3 is 2.50 bits per heavy atom. The van der Waals surface area contributed by atoms with Crippen molar-refractivity contribution >= 4 is 28.4 Å². The van der Waals surface area contributed by atoms with Crippen molar-refractivity contribution in [3.63, 3.8) is 0 Å². The summed E-state index contributed by atoms with van der Waals surface area (Å²) in [5.41, 5.74) is 4.08. The fraction of sp³-hybridized carbons (Fsp3) is 0.250. The first-order valence-corrected chi connectivity index (χ1v) is 15.3. The fourth-order valence-electron chi connectivity index (χ4n) is 5.75. The molecule has 0 bridgehead atoms. The number of carbonyl (C=O) groups excluding carboxylic acids is 1. The van der Waals surface area contributed by atoms with Gasteiger partial charge in [0.2, 0.25) is 5.91 Å². The zero-order valence-electron chi connectivity index (χ0n) is 24.4. The summed E-state index contributed by atoms with van der Waals surface area (Å²) in [4.78, 5) is 15.8. The smallest absolute Gasteiger partial charge is 0.220 e. The van der Waals surface area contributed by atoms with Gasteiger partial charge in [-0.15, -0.1) is 0 Å². The van der Waals surface area contributed by atoms with Crippen LogP contribution in [0.1, 0.15) is 29.0 Å². The van der Waals surface area contributed by atoms with Crippen LogP contribution in [0.2, 0.25) is 5.02 Å². The molecule has 6 nitrogen and oxygen atoms in total. The first kappa shape index (κ1) is 29.9. The molecule has 1 saturated heterocycles. The molecule has 1 fully saturated rings. The Labute approximate surface area is 262 Å². The summed E-state index contributed by atoms with van der Waals surface area (Å²) in [5.74, 6) is 0.860. The van der Waals surface area contributed by atoms with Crippen LogP contribution in [0, 0.1) is 5.82 Å². The highest BCUT2D eigenvalue weighted by Crippen LogP contribution is 2.37. The quantitative estimate of drug-likeness (QED) is 0.171. The van der Waals surface area contributed by atoms with Crippen LogP contribution < -0.4 is 10.1 Å². The average Bonchev–Trinajstić information content (AvgIpc) is 3.40. The lowest BCUT2D eigenvalue weighted by Gasteiger charge is -2.26. The zero-order valence-corrected chi connectivity index (χ0v) is 25.2. The number of rotatable bonds is 11. The summed E-state index contributed by atoms with van der Waals surface area (Å²) in [6.07, 6.45) is 2.41. The SMILES string of the molecule is O=C(C[C@H](c1cccc(Oc2ccc(Cl)cc2)c1)c1cn(Cc2ccc(F)cc2)c2ccccc12)NCCN1CCOCC1. The van der Waals surface area contributed by atoms with Crippen molar-refractivity contribution in [3.05, 3.63) is 131 Å². The Balaban J connectivity index is 1.30. The molecule has 0 saturated carbocycles. The monoisotopic (exact) mass is 611 g/mol. The molecule has 0 radical (unpaired) electrons. The minimum absolute atomic E-state index is 0.0114. The molecule has 2 heterocycles. The summed E-state index contributed by atoms with van der Waals surface area (Å²) in [6, 6.07) is 30.0. The van der Waals surface area contributed by atoms with Gasteiger partial charge in [-0.25, -0.2) is 4.39 Å². The molecule has 6 rings (SSSR count). The van der Waals surface area contributed by atoms with Crippen LogP contribution in [0.4, 0.5) is 4.39 Å². The predicted molar refractivity (Wildman–Crippen MR) is 172 cm³/mol. The minimum atomic E-state index is -0.257. The molecular weight excluding hydrogens is 577 g/mol. The van der Waals surface area contributed by atoms with E-state index in [9.17, 15) is 9.18 Å². The Morgan fingerprint density at radius 2 is 1.70 bits per heavy atom.